The van der Waals surface area contributed by atoms with Crippen LogP contribution in [0.25, 0.3) is 67.2 Å². The fourth-order valence-corrected chi connectivity index (χ4v) is 7.65. The summed E-state index contributed by atoms with van der Waals surface area (Å²) in [5.74, 6) is 0. The number of aryl methyl sites for hydroxylation is 4. The molecule has 3 nitrogen and oxygen atoms in total. The number of aromatic nitrogens is 3. The maximum absolute atomic E-state index is 3.58. The summed E-state index contributed by atoms with van der Waals surface area (Å²) < 4.78 is 5.08. The van der Waals surface area contributed by atoms with E-state index in [9.17, 15) is 0 Å². The maximum atomic E-state index is 3.58. The van der Waals surface area contributed by atoms with Crippen molar-refractivity contribution in [3.63, 3.8) is 0 Å². The number of fused-ring (bicyclic) bond motifs is 12. The van der Waals surface area contributed by atoms with E-state index < -0.39 is 0 Å². The summed E-state index contributed by atoms with van der Waals surface area (Å²) in [5.41, 5.74) is 13.5. The molecule has 7 aromatic rings. The van der Waals surface area contributed by atoms with Crippen LogP contribution in [0.2, 0.25) is 0 Å². The molecule has 0 saturated heterocycles. The van der Waals surface area contributed by atoms with Gasteiger partial charge < -0.3 is 4.98 Å². The predicted octanol–water partition coefficient (Wildman–Crippen LogP) is 8.45. The summed E-state index contributed by atoms with van der Waals surface area (Å²) in [6.07, 6.45) is 13.6. The van der Waals surface area contributed by atoms with Crippen molar-refractivity contribution in [1.29, 1.82) is 0 Å². The number of pyridine rings is 2. The van der Waals surface area contributed by atoms with Crippen LogP contribution < -0.4 is 9.13 Å². The number of aromatic amines is 1. The molecule has 3 aromatic heterocycles. The van der Waals surface area contributed by atoms with Crippen LogP contribution >= 0.6 is 0 Å². The second-order valence-electron chi connectivity index (χ2n) is 12.1. The molecule has 0 atom stereocenters. The molecule has 206 valence electrons. The largest absolute Gasteiger partial charge is 0.360 e. The van der Waals surface area contributed by atoms with Crippen LogP contribution in [0.5, 0.6) is 0 Å². The molecule has 5 heterocycles. The molecule has 2 aliphatic heterocycles. The highest BCUT2D eigenvalue weighted by Gasteiger charge is 2.33. The van der Waals surface area contributed by atoms with Crippen molar-refractivity contribution >= 4 is 44.7 Å². The molecule has 0 saturated carbocycles. The van der Waals surface area contributed by atoms with Crippen LogP contribution in [0.15, 0.2) is 109 Å². The van der Waals surface area contributed by atoms with E-state index in [0.29, 0.717) is 0 Å². The van der Waals surface area contributed by atoms with Crippen LogP contribution in [-0.2, 0) is 25.9 Å². The van der Waals surface area contributed by atoms with E-state index >= 15 is 0 Å². The zero-order chi connectivity index (χ0) is 28.3. The average Bonchev–Trinajstić information content (AvgIpc) is 3.24. The maximum Gasteiger partial charge on any atom is 0.221 e. The molecule has 0 amide bonds. The molecule has 0 unspecified atom stereocenters. The monoisotopic (exact) mass is 555 g/mol. The van der Waals surface area contributed by atoms with Gasteiger partial charge in [0.15, 0.2) is 6.20 Å². The Balaban J connectivity index is 1.32. The summed E-state index contributed by atoms with van der Waals surface area (Å²) in [5, 5.41) is 5.08. The van der Waals surface area contributed by atoms with Gasteiger partial charge in [-0.1, -0.05) is 66.7 Å². The van der Waals surface area contributed by atoms with Crippen molar-refractivity contribution in [2.75, 3.05) is 0 Å². The minimum Gasteiger partial charge on any atom is -0.360 e. The van der Waals surface area contributed by atoms with Crippen molar-refractivity contribution in [1.82, 2.24) is 4.98 Å². The van der Waals surface area contributed by atoms with Gasteiger partial charge in [0.2, 0.25) is 16.9 Å². The van der Waals surface area contributed by atoms with Crippen LogP contribution in [0.4, 0.5) is 0 Å². The van der Waals surface area contributed by atoms with Crippen molar-refractivity contribution in [2.45, 2.75) is 38.8 Å². The fraction of sp³-hybridized carbons (Fsp3) is 0.150. The van der Waals surface area contributed by atoms with Crippen LogP contribution in [0, 0.1) is 0 Å². The van der Waals surface area contributed by atoms with Gasteiger partial charge >= 0.3 is 0 Å². The van der Waals surface area contributed by atoms with Gasteiger partial charge in [0.1, 0.15) is 13.1 Å². The van der Waals surface area contributed by atoms with Gasteiger partial charge in [-0.15, -0.1) is 0 Å². The highest BCUT2D eigenvalue weighted by molar-refractivity contribution is 6.08. The molecule has 0 radical (unpaired) electrons. The van der Waals surface area contributed by atoms with E-state index in [0.717, 1.165) is 38.8 Å². The Morgan fingerprint density at radius 1 is 0.628 bits per heavy atom. The number of H-pyrrole nitrogens is 1. The van der Waals surface area contributed by atoms with E-state index in [1.54, 1.807) is 0 Å². The van der Waals surface area contributed by atoms with E-state index in [1.807, 2.05) is 0 Å². The minimum atomic E-state index is 1.01. The Morgan fingerprint density at radius 2 is 1.40 bits per heavy atom. The first-order valence-corrected chi connectivity index (χ1v) is 15.6. The zero-order valence-electron chi connectivity index (χ0n) is 24.2. The molecule has 0 aliphatic carbocycles. The molecule has 0 spiro atoms. The van der Waals surface area contributed by atoms with Crippen LogP contribution in [0.1, 0.15) is 35.1 Å². The number of nitrogens with one attached hydrogen (secondary N) is 1. The zero-order valence-corrected chi connectivity index (χ0v) is 24.2. The summed E-state index contributed by atoms with van der Waals surface area (Å²) in [4.78, 5) is 3.58. The second kappa shape index (κ2) is 9.78. The molecule has 2 aliphatic rings. The Morgan fingerprint density at radius 3 is 2.33 bits per heavy atom. The molecular formula is C40H33N3+2. The van der Waals surface area contributed by atoms with Crippen molar-refractivity contribution in [3.05, 3.63) is 132 Å². The molecule has 1 N–H and O–H groups in total. The third-order valence-electron chi connectivity index (χ3n) is 9.62. The minimum absolute atomic E-state index is 1.01. The predicted molar refractivity (Wildman–Crippen MR) is 177 cm³/mol. The van der Waals surface area contributed by atoms with Crippen molar-refractivity contribution < 1.29 is 9.13 Å². The molecule has 9 rings (SSSR count). The van der Waals surface area contributed by atoms with E-state index in [4.69, 9.17) is 0 Å². The third kappa shape index (κ3) is 3.88. The number of rotatable bonds is 2. The van der Waals surface area contributed by atoms with Crippen LogP contribution in [0.3, 0.4) is 0 Å². The van der Waals surface area contributed by atoms with Crippen molar-refractivity contribution in [3.8, 4) is 22.5 Å². The lowest BCUT2D eigenvalue weighted by molar-refractivity contribution is -0.686. The Labute approximate surface area is 251 Å². The first-order chi connectivity index (χ1) is 21.3. The van der Waals surface area contributed by atoms with Gasteiger partial charge in [-0.05, 0) is 59.2 Å². The lowest BCUT2D eigenvalue weighted by atomic mass is 9.87. The molecular weight excluding hydrogens is 522 g/mol. The normalized spacial score (nSPS) is 14.3. The molecule has 0 bridgehead atoms. The SMILES string of the molecule is C(=C\c1c[nH]c2c1ccc1ccccc12)/c1cc2ccccc2[n+]2c1-c1c(ccc3c1-c1cccc[n+]1CCC3)CCC2. The molecule has 4 aromatic carbocycles. The Kier molecular flexibility index (Phi) is 5.59. The van der Waals surface area contributed by atoms with Gasteiger partial charge in [-0.25, -0.2) is 0 Å². The topological polar surface area (TPSA) is 23.5 Å². The molecule has 43 heavy (non-hydrogen) atoms. The lowest BCUT2D eigenvalue weighted by Gasteiger charge is -2.15. The standard InChI is InChI=1S/C40H32N3/c1-3-13-33-27(9-1)20-21-34-32(26-41-39(33)34)19-18-31-25-30-10-2-4-14-35(30)43-24-8-12-29-17-16-28-11-7-23-42-22-6-5-15-36(42)37(28)38(29)40(31)43/h1-6,9-10,13-22,25-26H,7-8,11-12,23-24H2/q+1/p+1. The van der Waals surface area contributed by atoms with Gasteiger partial charge in [0.05, 0.1) is 16.6 Å². The van der Waals surface area contributed by atoms with Crippen LogP contribution in [-0.4, -0.2) is 4.98 Å². The summed E-state index contributed by atoms with van der Waals surface area (Å²) in [6.45, 7) is 2.06. The van der Waals surface area contributed by atoms with Gasteiger partial charge in [-0.3, -0.25) is 0 Å². The highest BCUT2D eigenvalue weighted by Crippen LogP contribution is 2.41. The first kappa shape index (κ1) is 24.6. The Hall–Kier alpha value is -5.02. The van der Waals surface area contributed by atoms with E-state index in [-0.39, 0.29) is 0 Å². The number of para-hydroxylation sites is 1. The fourth-order valence-electron chi connectivity index (χ4n) is 7.65. The second-order valence-corrected chi connectivity index (χ2v) is 12.1. The number of hydrogen-bond donors (Lipinski definition) is 1. The van der Waals surface area contributed by atoms with E-state index in [2.05, 4.69) is 136 Å². The molecule has 3 heteroatoms. The van der Waals surface area contributed by atoms with Gasteiger partial charge in [-0.2, -0.15) is 9.13 Å². The number of benzene rings is 4. The number of nitrogens with zero attached hydrogens (tertiary/aromatic N) is 2. The smallest absolute Gasteiger partial charge is 0.221 e. The third-order valence-corrected chi connectivity index (χ3v) is 9.62. The van der Waals surface area contributed by atoms with Gasteiger partial charge in [0, 0.05) is 59.0 Å². The lowest BCUT2D eigenvalue weighted by Crippen LogP contribution is -2.38. The van der Waals surface area contributed by atoms with E-state index in [1.165, 1.54) is 77.3 Å². The van der Waals surface area contributed by atoms with Crippen molar-refractivity contribution in [2.24, 2.45) is 0 Å². The van der Waals surface area contributed by atoms with Gasteiger partial charge in [0.25, 0.3) is 0 Å². The summed E-state index contributed by atoms with van der Waals surface area (Å²) in [7, 11) is 0. The Bertz CT molecular complexity index is 2250. The average molecular weight is 556 g/mol. The first-order valence-electron chi connectivity index (χ1n) is 15.6. The number of hydrogen-bond acceptors (Lipinski definition) is 0. The summed E-state index contributed by atoms with van der Waals surface area (Å²) >= 11 is 0. The highest BCUT2D eigenvalue weighted by atomic mass is 15.0. The summed E-state index contributed by atoms with van der Waals surface area (Å²) in [6, 6.07) is 36.0. The quantitative estimate of drug-likeness (QED) is 0.207. The molecule has 0 fully saturated rings.